The van der Waals surface area contributed by atoms with Gasteiger partial charge in [-0.15, -0.1) is 0 Å². The number of benzene rings is 1. The monoisotopic (exact) mass is 360 g/mol. The van der Waals surface area contributed by atoms with Crippen molar-refractivity contribution in [3.63, 3.8) is 0 Å². The van der Waals surface area contributed by atoms with Crippen LogP contribution in [0.25, 0.3) is 0 Å². The second kappa shape index (κ2) is 5.57. The summed E-state index contributed by atoms with van der Waals surface area (Å²) in [6, 6.07) is 5.18. The molecule has 1 amide bonds. The minimum atomic E-state index is -0.241. The fraction of sp³-hybridized carbons (Fsp3) is 0.154. The summed E-state index contributed by atoms with van der Waals surface area (Å²) >= 11 is 15.3. The summed E-state index contributed by atoms with van der Waals surface area (Å²) in [6.07, 6.45) is 1.67. The zero-order valence-corrected chi connectivity index (χ0v) is 13.4. The van der Waals surface area contributed by atoms with Crippen molar-refractivity contribution in [3.8, 4) is 0 Å². The number of hydrogen-bond acceptors (Lipinski definition) is 1. The molecule has 0 saturated heterocycles. The van der Waals surface area contributed by atoms with E-state index in [4.69, 9.17) is 23.2 Å². The van der Waals surface area contributed by atoms with Crippen LogP contribution in [0.4, 0.5) is 5.69 Å². The first kappa shape index (κ1) is 14.4. The first-order valence-corrected chi connectivity index (χ1v) is 7.02. The third-order valence-corrected chi connectivity index (χ3v) is 3.97. The SMILES string of the molecule is Cc1cc(Br)c(NC(=O)c2cc(Cl)cn2C)cc1Cl. The van der Waals surface area contributed by atoms with E-state index in [-0.39, 0.29) is 5.91 Å². The lowest BCUT2D eigenvalue weighted by Crippen LogP contribution is -2.15. The number of amides is 1. The summed E-state index contributed by atoms with van der Waals surface area (Å²) < 4.78 is 2.45. The van der Waals surface area contributed by atoms with Crippen molar-refractivity contribution < 1.29 is 4.79 Å². The smallest absolute Gasteiger partial charge is 0.272 e. The molecular formula is C13H11BrCl2N2O. The zero-order valence-electron chi connectivity index (χ0n) is 10.3. The van der Waals surface area contributed by atoms with Gasteiger partial charge in [-0.2, -0.15) is 0 Å². The van der Waals surface area contributed by atoms with Crippen LogP contribution in [0.2, 0.25) is 10.0 Å². The number of hydrogen-bond donors (Lipinski definition) is 1. The number of halogens is 3. The molecule has 0 aliphatic carbocycles. The van der Waals surface area contributed by atoms with E-state index >= 15 is 0 Å². The zero-order chi connectivity index (χ0) is 14.2. The van der Waals surface area contributed by atoms with Gasteiger partial charge in [-0.1, -0.05) is 23.2 Å². The summed E-state index contributed by atoms with van der Waals surface area (Å²) in [5.74, 6) is -0.241. The maximum Gasteiger partial charge on any atom is 0.272 e. The van der Waals surface area contributed by atoms with Crippen molar-refractivity contribution in [1.29, 1.82) is 0 Å². The van der Waals surface area contributed by atoms with Crippen LogP contribution in [-0.2, 0) is 7.05 Å². The summed E-state index contributed by atoms with van der Waals surface area (Å²) in [7, 11) is 1.76. The molecule has 1 aromatic carbocycles. The fourth-order valence-corrected chi connectivity index (χ4v) is 2.65. The van der Waals surface area contributed by atoms with Crippen molar-refractivity contribution in [2.45, 2.75) is 6.92 Å². The van der Waals surface area contributed by atoms with Gasteiger partial charge in [0.05, 0.1) is 10.7 Å². The molecule has 0 aliphatic rings. The van der Waals surface area contributed by atoms with E-state index in [0.29, 0.717) is 21.4 Å². The number of nitrogens with one attached hydrogen (secondary N) is 1. The van der Waals surface area contributed by atoms with Crippen molar-refractivity contribution >= 4 is 50.7 Å². The Kier molecular flexibility index (Phi) is 4.23. The first-order valence-electron chi connectivity index (χ1n) is 5.47. The molecule has 0 spiro atoms. The predicted molar refractivity (Wildman–Crippen MR) is 82.3 cm³/mol. The third-order valence-electron chi connectivity index (χ3n) is 2.70. The molecule has 1 heterocycles. The Morgan fingerprint density at radius 2 is 2.00 bits per heavy atom. The molecule has 2 rings (SSSR count). The number of carbonyl (C=O) groups is 1. The van der Waals surface area contributed by atoms with Crippen molar-refractivity contribution in [1.82, 2.24) is 4.57 Å². The maximum absolute atomic E-state index is 12.1. The van der Waals surface area contributed by atoms with Crippen molar-refractivity contribution in [2.75, 3.05) is 5.32 Å². The minimum Gasteiger partial charge on any atom is -0.345 e. The Hall–Kier alpha value is -0.970. The lowest BCUT2D eigenvalue weighted by Gasteiger charge is -2.10. The van der Waals surface area contributed by atoms with Gasteiger partial charge in [-0.3, -0.25) is 4.79 Å². The average Bonchev–Trinajstić information content (AvgIpc) is 2.65. The van der Waals surface area contributed by atoms with Crippen LogP contribution in [0.1, 0.15) is 16.1 Å². The van der Waals surface area contributed by atoms with Crippen LogP contribution < -0.4 is 5.32 Å². The number of aryl methyl sites for hydroxylation is 2. The maximum atomic E-state index is 12.1. The predicted octanol–water partition coefficient (Wildman–Crippen LogP) is 4.66. The number of anilines is 1. The topological polar surface area (TPSA) is 34.0 Å². The number of nitrogens with zero attached hydrogens (tertiary/aromatic N) is 1. The molecule has 19 heavy (non-hydrogen) atoms. The van der Waals surface area contributed by atoms with E-state index in [1.54, 1.807) is 29.9 Å². The molecule has 0 fully saturated rings. The van der Waals surface area contributed by atoms with E-state index in [2.05, 4.69) is 21.2 Å². The van der Waals surface area contributed by atoms with Gasteiger partial charge in [-0.05, 0) is 46.6 Å². The molecule has 6 heteroatoms. The van der Waals surface area contributed by atoms with Gasteiger partial charge in [0.15, 0.2) is 0 Å². The fourth-order valence-electron chi connectivity index (χ4n) is 1.68. The lowest BCUT2D eigenvalue weighted by molar-refractivity contribution is 0.101. The Labute approximate surface area is 129 Å². The summed E-state index contributed by atoms with van der Waals surface area (Å²) in [5.41, 5.74) is 2.04. The summed E-state index contributed by atoms with van der Waals surface area (Å²) in [4.78, 5) is 12.1. The second-order valence-electron chi connectivity index (χ2n) is 4.19. The molecule has 1 aromatic heterocycles. The highest BCUT2D eigenvalue weighted by Crippen LogP contribution is 2.29. The Balaban J connectivity index is 2.29. The summed E-state index contributed by atoms with van der Waals surface area (Å²) in [5, 5.41) is 3.92. The van der Waals surface area contributed by atoms with E-state index in [9.17, 15) is 4.79 Å². The molecular weight excluding hydrogens is 351 g/mol. The molecule has 1 N–H and O–H groups in total. The highest BCUT2D eigenvalue weighted by Gasteiger charge is 2.13. The highest BCUT2D eigenvalue weighted by molar-refractivity contribution is 9.10. The average molecular weight is 362 g/mol. The molecule has 0 bridgehead atoms. The molecule has 0 radical (unpaired) electrons. The molecule has 0 saturated carbocycles. The van der Waals surface area contributed by atoms with Gasteiger partial charge in [0.25, 0.3) is 5.91 Å². The Bertz CT molecular complexity index is 652. The van der Waals surface area contributed by atoms with Crippen LogP contribution in [0.3, 0.4) is 0 Å². The number of carbonyl (C=O) groups excluding carboxylic acids is 1. The van der Waals surface area contributed by atoms with Crippen molar-refractivity contribution in [2.24, 2.45) is 7.05 Å². The lowest BCUT2D eigenvalue weighted by atomic mass is 10.2. The molecule has 0 unspecified atom stereocenters. The molecule has 2 aromatic rings. The van der Waals surface area contributed by atoms with Crippen LogP contribution in [-0.4, -0.2) is 10.5 Å². The van der Waals surface area contributed by atoms with Gasteiger partial charge in [0.1, 0.15) is 5.69 Å². The second-order valence-corrected chi connectivity index (χ2v) is 5.89. The highest BCUT2D eigenvalue weighted by atomic mass is 79.9. The number of rotatable bonds is 2. The van der Waals surface area contributed by atoms with E-state index in [0.717, 1.165) is 10.0 Å². The standard InChI is InChI=1S/C13H11BrCl2N2O/c1-7-3-9(14)11(5-10(7)16)17-13(19)12-4-8(15)6-18(12)2/h3-6H,1-2H3,(H,17,19). The van der Waals surface area contributed by atoms with Gasteiger partial charge < -0.3 is 9.88 Å². The van der Waals surface area contributed by atoms with Gasteiger partial charge in [0.2, 0.25) is 0 Å². The number of aromatic nitrogens is 1. The normalized spacial score (nSPS) is 10.6. The van der Waals surface area contributed by atoms with Crippen LogP contribution >= 0.6 is 39.1 Å². The molecule has 0 aliphatic heterocycles. The van der Waals surface area contributed by atoms with Crippen molar-refractivity contribution in [3.05, 3.63) is 50.2 Å². The van der Waals surface area contributed by atoms with E-state index in [1.165, 1.54) is 0 Å². The molecule has 0 atom stereocenters. The minimum absolute atomic E-state index is 0.241. The first-order chi connectivity index (χ1) is 8.88. The van der Waals surface area contributed by atoms with Gasteiger partial charge >= 0.3 is 0 Å². The van der Waals surface area contributed by atoms with Crippen LogP contribution in [0.5, 0.6) is 0 Å². The van der Waals surface area contributed by atoms with Crippen LogP contribution in [0.15, 0.2) is 28.9 Å². The molecule has 100 valence electrons. The molecule has 3 nitrogen and oxygen atoms in total. The Morgan fingerprint density at radius 1 is 1.32 bits per heavy atom. The quantitative estimate of drug-likeness (QED) is 0.829. The van der Waals surface area contributed by atoms with E-state index in [1.807, 2.05) is 13.0 Å². The largest absolute Gasteiger partial charge is 0.345 e. The van der Waals surface area contributed by atoms with Gasteiger partial charge in [-0.25, -0.2) is 0 Å². The summed E-state index contributed by atoms with van der Waals surface area (Å²) in [6.45, 7) is 1.90. The van der Waals surface area contributed by atoms with Gasteiger partial charge in [0, 0.05) is 22.7 Å². The third kappa shape index (κ3) is 3.14. The van der Waals surface area contributed by atoms with E-state index < -0.39 is 0 Å². The van der Waals surface area contributed by atoms with Crippen LogP contribution in [0, 0.1) is 6.92 Å². The Morgan fingerprint density at radius 3 is 2.58 bits per heavy atom.